The zero-order valence-electron chi connectivity index (χ0n) is 9.33. The molecule has 0 aliphatic heterocycles. The normalized spacial score (nSPS) is 10.3. The molecule has 1 aromatic rings. The topological polar surface area (TPSA) is 47.6 Å². The van der Waals surface area contributed by atoms with E-state index < -0.39 is 0 Å². The van der Waals surface area contributed by atoms with Gasteiger partial charge in [-0.3, -0.25) is 9.63 Å². The standard InChI is InChI=1S/C11H13Cl2NO3/c1-16-11(15)4-5-14-17-7-8-2-3-9(12)10(13)6-8/h2-3,6,14H,4-5,7H2,1H3. The molecule has 1 aromatic carbocycles. The summed E-state index contributed by atoms with van der Waals surface area (Å²) in [6.45, 7) is 0.742. The summed E-state index contributed by atoms with van der Waals surface area (Å²) in [5.41, 5.74) is 3.55. The fraction of sp³-hybridized carbons (Fsp3) is 0.364. The molecule has 0 saturated heterocycles. The fourth-order valence-electron chi connectivity index (χ4n) is 1.09. The number of hydroxylamine groups is 1. The number of rotatable bonds is 6. The van der Waals surface area contributed by atoms with Gasteiger partial charge in [-0.25, -0.2) is 5.48 Å². The number of nitrogens with one attached hydrogen (secondary N) is 1. The van der Waals surface area contributed by atoms with Crippen molar-refractivity contribution in [1.82, 2.24) is 5.48 Å². The first-order valence-corrected chi connectivity index (χ1v) is 5.74. The molecule has 0 spiro atoms. The van der Waals surface area contributed by atoms with E-state index in [0.717, 1.165) is 5.56 Å². The maximum Gasteiger partial charge on any atom is 0.306 e. The Balaban J connectivity index is 2.22. The number of carbonyl (C=O) groups excluding carboxylic acids is 1. The quantitative estimate of drug-likeness (QED) is 0.493. The molecular formula is C11H13Cl2NO3. The van der Waals surface area contributed by atoms with Crippen LogP contribution in [0.15, 0.2) is 18.2 Å². The average molecular weight is 278 g/mol. The van der Waals surface area contributed by atoms with E-state index in [2.05, 4.69) is 10.2 Å². The van der Waals surface area contributed by atoms with Gasteiger partial charge in [0.1, 0.15) is 0 Å². The molecule has 0 heterocycles. The van der Waals surface area contributed by atoms with Gasteiger partial charge in [0.2, 0.25) is 0 Å². The summed E-state index contributed by atoms with van der Waals surface area (Å²) in [6, 6.07) is 5.25. The number of esters is 1. The van der Waals surface area contributed by atoms with Crippen LogP contribution < -0.4 is 5.48 Å². The Hall–Kier alpha value is -0.810. The van der Waals surface area contributed by atoms with E-state index in [0.29, 0.717) is 23.2 Å². The van der Waals surface area contributed by atoms with Crippen molar-refractivity contribution in [1.29, 1.82) is 0 Å². The summed E-state index contributed by atoms with van der Waals surface area (Å²) < 4.78 is 4.48. The Labute approximate surface area is 110 Å². The number of ether oxygens (including phenoxy) is 1. The molecular weight excluding hydrogens is 265 g/mol. The molecule has 0 unspecified atom stereocenters. The van der Waals surface area contributed by atoms with E-state index in [-0.39, 0.29) is 12.4 Å². The predicted molar refractivity (Wildman–Crippen MR) is 65.9 cm³/mol. The molecule has 1 rings (SSSR count). The van der Waals surface area contributed by atoms with Crippen LogP contribution >= 0.6 is 23.2 Å². The van der Waals surface area contributed by atoms with Crippen LogP contribution in [0.3, 0.4) is 0 Å². The van der Waals surface area contributed by atoms with Gasteiger partial charge in [-0.15, -0.1) is 0 Å². The molecule has 0 aliphatic rings. The second-order valence-corrected chi connectivity index (χ2v) is 4.07. The Kier molecular flexibility index (Phi) is 6.29. The highest BCUT2D eigenvalue weighted by molar-refractivity contribution is 6.42. The van der Waals surface area contributed by atoms with Gasteiger partial charge in [0.05, 0.1) is 30.2 Å². The lowest BCUT2D eigenvalue weighted by molar-refractivity contribution is -0.141. The van der Waals surface area contributed by atoms with Gasteiger partial charge in [-0.2, -0.15) is 0 Å². The molecule has 0 fully saturated rings. The first kappa shape index (κ1) is 14.3. The lowest BCUT2D eigenvalue weighted by Crippen LogP contribution is -2.19. The number of halogens is 2. The van der Waals surface area contributed by atoms with Crippen molar-refractivity contribution in [2.45, 2.75) is 13.0 Å². The molecule has 94 valence electrons. The Morgan fingerprint density at radius 1 is 1.35 bits per heavy atom. The van der Waals surface area contributed by atoms with Crippen molar-refractivity contribution < 1.29 is 14.4 Å². The monoisotopic (exact) mass is 277 g/mol. The van der Waals surface area contributed by atoms with Crippen LogP contribution in [0.2, 0.25) is 10.0 Å². The van der Waals surface area contributed by atoms with Crippen LogP contribution in [0.1, 0.15) is 12.0 Å². The third-order valence-corrected chi connectivity index (χ3v) is 2.72. The van der Waals surface area contributed by atoms with E-state index in [1.807, 2.05) is 6.07 Å². The lowest BCUT2D eigenvalue weighted by Gasteiger charge is -2.06. The van der Waals surface area contributed by atoms with Crippen molar-refractivity contribution in [3.05, 3.63) is 33.8 Å². The summed E-state index contributed by atoms with van der Waals surface area (Å²) in [5, 5.41) is 0.997. The minimum absolute atomic E-state index is 0.262. The number of benzene rings is 1. The van der Waals surface area contributed by atoms with Crippen molar-refractivity contribution >= 4 is 29.2 Å². The summed E-state index contributed by atoms with van der Waals surface area (Å²) in [5.74, 6) is -0.282. The maximum atomic E-state index is 10.8. The third-order valence-electron chi connectivity index (χ3n) is 1.98. The molecule has 0 aromatic heterocycles. The van der Waals surface area contributed by atoms with Gasteiger partial charge >= 0.3 is 5.97 Å². The van der Waals surface area contributed by atoms with Crippen molar-refractivity contribution in [2.75, 3.05) is 13.7 Å². The van der Waals surface area contributed by atoms with E-state index in [4.69, 9.17) is 28.0 Å². The molecule has 0 bridgehead atoms. The molecule has 0 amide bonds. The highest BCUT2D eigenvalue weighted by Crippen LogP contribution is 2.22. The smallest absolute Gasteiger partial charge is 0.306 e. The minimum Gasteiger partial charge on any atom is -0.469 e. The molecule has 17 heavy (non-hydrogen) atoms. The van der Waals surface area contributed by atoms with Crippen LogP contribution in [0.25, 0.3) is 0 Å². The first-order chi connectivity index (χ1) is 8.13. The van der Waals surface area contributed by atoms with Crippen molar-refractivity contribution in [2.24, 2.45) is 0 Å². The fourth-order valence-corrected chi connectivity index (χ4v) is 1.41. The van der Waals surface area contributed by atoms with Crippen LogP contribution in [-0.2, 0) is 21.0 Å². The van der Waals surface area contributed by atoms with E-state index in [1.165, 1.54) is 7.11 Å². The second kappa shape index (κ2) is 7.50. The summed E-state index contributed by atoms with van der Waals surface area (Å²) >= 11 is 11.6. The molecule has 0 radical (unpaired) electrons. The molecule has 0 atom stereocenters. The summed E-state index contributed by atoms with van der Waals surface area (Å²) in [7, 11) is 1.35. The largest absolute Gasteiger partial charge is 0.469 e. The molecule has 4 nitrogen and oxygen atoms in total. The molecule has 1 N–H and O–H groups in total. The van der Waals surface area contributed by atoms with Gasteiger partial charge in [-0.1, -0.05) is 29.3 Å². The van der Waals surface area contributed by atoms with E-state index >= 15 is 0 Å². The summed E-state index contributed by atoms with van der Waals surface area (Å²) in [4.78, 5) is 15.9. The number of methoxy groups -OCH3 is 1. The summed E-state index contributed by atoms with van der Waals surface area (Å²) in [6.07, 6.45) is 0.262. The number of hydrogen-bond donors (Lipinski definition) is 1. The number of carbonyl (C=O) groups is 1. The molecule has 6 heteroatoms. The predicted octanol–water partition coefficient (Wildman–Crippen LogP) is 2.58. The first-order valence-electron chi connectivity index (χ1n) is 4.99. The van der Waals surface area contributed by atoms with Crippen LogP contribution in [0.4, 0.5) is 0 Å². The van der Waals surface area contributed by atoms with Crippen LogP contribution in [0.5, 0.6) is 0 Å². The van der Waals surface area contributed by atoms with Gasteiger partial charge < -0.3 is 4.74 Å². The highest BCUT2D eigenvalue weighted by atomic mass is 35.5. The van der Waals surface area contributed by atoms with Crippen molar-refractivity contribution in [3.8, 4) is 0 Å². The second-order valence-electron chi connectivity index (χ2n) is 3.26. The molecule has 0 saturated carbocycles. The van der Waals surface area contributed by atoms with Gasteiger partial charge in [0.15, 0.2) is 0 Å². The Morgan fingerprint density at radius 3 is 2.76 bits per heavy atom. The minimum atomic E-state index is -0.282. The SMILES string of the molecule is COC(=O)CCNOCc1ccc(Cl)c(Cl)c1. The van der Waals surface area contributed by atoms with Gasteiger partial charge in [0, 0.05) is 6.54 Å². The lowest BCUT2D eigenvalue weighted by atomic mass is 10.2. The van der Waals surface area contributed by atoms with Crippen LogP contribution in [0, 0.1) is 0 Å². The average Bonchev–Trinajstić information content (AvgIpc) is 2.33. The maximum absolute atomic E-state index is 10.8. The van der Waals surface area contributed by atoms with Crippen molar-refractivity contribution in [3.63, 3.8) is 0 Å². The zero-order valence-corrected chi connectivity index (χ0v) is 10.8. The van der Waals surface area contributed by atoms with E-state index in [1.54, 1.807) is 12.1 Å². The van der Waals surface area contributed by atoms with Gasteiger partial charge in [-0.05, 0) is 17.7 Å². The highest BCUT2D eigenvalue weighted by Gasteiger charge is 2.01. The molecule has 0 aliphatic carbocycles. The Morgan fingerprint density at radius 2 is 2.12 bits per heavy atom. The van der Waals surface area contributed by atoms with E-state index in [9.17, 15) is 4.79 Å². The zero-order chi connectivity index (χ0) is 12.7. The van der Waals surface area contributed by atoms with Gasteiger partial charge in [0.25, 0.3) is 0 Å². The van der Waals surface area contributed by atoms with Crippen LogP contribution in [-0.4, -0.2) is 19.6 Å². The number of hydrogen-bond acceptors (Lipinski definition) is 4. The Bertz CT molecular complexity index is 385. The third kappa shape index (κ3) is 5.37.